The van der Waals surface area contributed by atoms with Crippen LogP contribution in [0.25, 0.3) is 11.2 Å². The first kappa shape index (κ1) is 17.4. The highest BCUT2D eigenvalue weighted by Gasteiger charge is 2.20. The fourth-order valence-electron chi connectivity index (χ4n) is 2.85. The number of nitrogens with two attached hydrogens (primary N) is 1. The number of nitrogens with zero attached hydrogens (tertiary/aromatic N) is 4. The summed E-state index contributed by atoms with van der Waals surface area (Å²) in [5.41, 5.74) is 8.11. The number of benzene rings is 1. The number of aromatic nitrogens is 4. The van der Waals surface area contributed by atoms with Crippen molar-refractivity contribution in [1.82, 2.24) is 19.4 Å². The van der Waals surface area contributed by atoms with Crippen molar-refractivity contribution in [3.05, 3.63) is 70.0 Å². The van der Waals surface area contributed by atoms with Gasteiger partial charge in [0.15, 0.2) is 5.82 Å². The van der Waals surface area contributed by atoms with Crippen molar-refractivity contribution in [2.24, 2.45) is 0 Å². The van der Waals surface area contributed by atoms with Crippen molar-refractivity contribution < 1.29 is 4.79 Å². The third kappa shape index (κ3) is 3.11. The Morgan fingerprint density at radius 3 is 2.78 bits per heavy atom. The number of nitrogen functional groups attached to an aromatic ring is 1. The largest absolute Gasteiger partial charge is 0.382 e. The number of fused-ring (bicyclic) bond motifs is 1. The predicted octanol–water partition coefficient (Wildman–Crippen LogP) is 3.97. The molecule has 0 aliphatic heterocycles. The Bertz CT molecular complexity index is 1180. The van der Waals surface area contributed by atoms with Crippen LogP contribution >= 0.6 is 23.2 Å². The topological polar surface area (TPSA) is 90.2 Å². The number of anilines is 2. The second-order valence-electron chi connectivity index (χ2n) is 5.92. The molecule has 0 aliphatic rings. The molecule has 0 unspecified atom stereocenters. The summed E-state index contributed by atoms with van der Waals surface area (Å²) in [6, 6.07) is 12.2. The minimum absolute atomic E-state index is 0.141. The Hall–Kier alpha value is -3.03. The smallest absolute Gasteiger partial charge is 0.262 e. The number of carbonyl (C=O) groups is 1. The minimum Gasteiger partial charge on any atom is -0.382 e. The fraction of sp³-hybridized carbons (Fsp3) is 0.0556. The zero-order chi connectivity index (χ0) is 19.1. The van der Waals surface area contributed by atoms with Crippen LogP contribution in [0.2, 0.25) is 10.0 Å². The number of hydrogen-bond acceptors (Lipinski definition) is 4. The third-order valence-corrected chi connectivity index (χ3v) is 4.56. The molecule has 0 fully saturated rings. The molecule has 0 bridgehead atoms. The first-order valence-electron chi connectivity index (χ1n) is 8.00. The fourth-order valence-corrected chi connectivity index (χ4v) is 3.21. The van der Waals surface area contributed by atoms with E-state index < -0.39 is 5.91 Å². The van der Waals surface area contributed by atoms with Gasteiger partial charge in [0.1, 0.15) is 11.4 Å². The van der Waals surface area contributed by atoms with E-state index in [0.717, 1.165) is 0 Å². The average Bonchev–Trinajstić information content (AvgIpc) is 3.15. The van der Waals surface area contributed by atoms with E-state index >= 15 is 0 Å². The summed E-state index contributed by atoms with van der Waals surface area (Å²) in [4.78, 5) is 12.9. The van der Waals surface area contributed by atoms with E-state index in [1.807, 2.05) is 13.0 Å². The molecule has 0 aliphatic carbocycles. The maximum atomic E-state index is 12.9. The van der Waals surface area contributed by atoms with Gasteiger partial charge in [-0.25, -0.2) is 9.20 Å². The van der Waals surface area contributed by atoms with Gasteiger partial charge in [-0.3, -0.25) is 4.79 Å². The molecule has 136 valence electrons. The molecule has 4 rings (SSSR count). The van der Waals surface area contributed by atoms with Crippen LogP contribution in [0.15, 0.2) is 48.7 Å². The highest BCUT2D eigenvalue weighted by molar-refractivity contribution is 6.34. The van der Waals surface area contributed by atoms with Gasteiger partial charge < -0.3 is 11.1 Å². The van der Waals surface area contributed by atoms with E-state index in [4.69, 9.17) is 28.9 Å². The Kier molecular flexibility index (Phi) is 4.25. The summed E-state index contributed by atoms with van der Waals surface area (Å²) in [5, 5.41) is 12.4. The van der Waals surface area contributed by atoms with Crippen LogP contribution in [0.4, 0.5) is 11.6 Å². The zero-order valence-electron chi connectivity index (χ0n) is 14.1. The minimum atomic E-state index is -0.395. The van der Waals surface area contributed by atoms with Gasteiger partial charge in [0.05, 0.1) is 21.9 Å². The van der Waals surface area contributed by atoms with E-state index in [2.05, 4.69) is 15.5 Å². The summed E-state index contributed by atoms with van der Waals surface area (Å²) in [6.07, 6.45) is 1.72. The number of rotatable bonds is 3. The van der Waals surface area contributed by atoms with Crippen molar-refractivity contribution >= 4 is 46.3 Å². The van der Waals surface area contributed by atoms with Gasteiger partial charge >= 0.3 is 0 Å². The predicted molar refractivity (Wildman–Crippen MR) is 106 cm³/mol. The van der Waals surface area contributed by atoms with E-state index in [9.17, 15) is 4.79 Å². The van der Waals surface area contributed by atoms with Crippen molar-refractivity contribution in [2.45, 2.75) is 6.92 Å². The van der Waals surface area contributed by atoms with Crippen LogP contribution < -0.4 is 11.1 Å². The molecule has 0 saturated carbocycles. The van der Waals surface area contributed by atoms with Crippen molar-refractivity contribution in [1.29, 1.82) is 0 Å². The highest BCUT2D eigenvalue weighted by Crippen LogP contribution is 2.28. The molecule has 0 saturated heterocycles. The molecule has 27 heavy (non-hydrogen) atoms. The quantitative estimate of drug-likeness (QED) is 0.544. The van der Waals surface area contributed by atoms with Crippen LogP contribution in [0.5, 0.6) is 0 Å². The SMILES string of the molecule is Cc1cc(NC(=O)c2c(N)nn3ccccc23)n(-c2cc(Cl)ccc2Cl)n1. The van der Waals surface area contributed by atoms with Crippen LogP contribution in [0.3, 0.4) is 0 Å². The third-order valence-electron chi connectivity index (χ3n) is 4.00. The van der Waals surface area contributed by atoms with E-state index in [0.29, 0.717) is 32.8 Å². The first-order chi connectivity index (χ1) is 12.9. The number of nitrogens with one attached hydrogen (secondary N) is 1. The van der Waals surface area contributed by atoms with E-state index in [-0.39, 0.29) is 11.4 Å². The lowest BCUT2D eigenvalue weighted by atomic mass is 10.2. The molecular formula is C18H14Cl2N6O. The summed E-state index contributed by atoms with van der Waals surface area (Å²) >= 11 is 12.4. The van der Waals surface area contributed by atoms with Gasteiger partial charge in [-0.1, -0.05) is 29.3 Å². The van der Waals surface area contributed by atoms with Gasteiger partial charge in [0.25, 0.3) is 5.91 Å². The molecule has 3 aromatic heterocycles. The first-order valence-corrected chi connectivity index (χ1v) is 8.76. The molecule has 0 atom stereocenters. The molecule has 0 spiro atoms. The molecule has 1 amide bonds. The lowest BCUT2D eigenvalue weighted by Crippen LogP contribution is -2.16. The average molecular weight is 401 g/mol. The molecule has 3 heterocycles. The van der Waals surface area contributed by atoms with Gasteiger partial charge in [0.2, 0.25) is 0 Å². The Morgan fingerprint density at radius 1 is 1.15 bits per heavy atom. The molecule has 0 radical (unpaired) electrons. The van der Waals surface area contributed by atoms with Crippen LogP contribution in [-0.2, 0) is 0 Å². The number of aryl methyl sites for hydroxylation is 1. The van der Waals surface area contributed by atoms with Crippen molar-refractivity contribution in [3.63, 3.8) is 0 Å². The number of carbonyl (C=O) groups excluding carboxylic acids is 1. The van der Waals surface area contributed by atoms with Crippen LogP contribution in [-0.4, -0.2) is 25.3 Å². The zero-order valence-corrected chi connectivity index (χ0v) is 15.7. The number of amides is 1. The molecule has 7 nitrogen and oxygen atoms in total. The molecule has 4 aromatic rings. The normalized spacial score (nSPS) is 11.1. The lowest BCUT2D eigenvalue weighted by Gasteiger charge is -2.10. The van der Waals surface area contributed by atoms with Gasteiger partial charge in [-0.15, -0.1) is 5.10 Å². The Balaban J connectivity index is 1.76. The highest BCUT2D eigenvalue weighted by atomic mass is 35.5. The van der Waals surface area contributed by atoms with Crippen molar-refractivity contribution in [3.8, 4) is 5.69 Å². The standard InChI is InChI=1S/C18H14Cl2N6O/c1-10-8-15(26(23-10)14-9-11(19)5-6-12(14)20)22-18(27)16-13-4-2-3-7-25(13)24-17(16)21/h2-9H,1H3,(H2,21,24)(H,22,27). The summed E-state index contributed by atoms with van der Waals surface area (Å²) in [7, 11) is 0. The van der Waals surface area contributed by atoms with E-state index in [1.54, 1.807) is 47.1 Å². The van der Waals surface area contributed by atoms with E-state index in [1.165, 1.54) is 4.68 Å². The monoisotopic (exact) mass is 400 g/mol. The summed E-state index contributed by atoms with van der Waals surface area (Å²) in [5.74, 6) is 0.187. The second-order valence-corrected chi connectivity index (χ2v) is 6.77. The molecule has 9 heteroatoms. The van der Waals surface area contributed by atoms with Gasteiger partial charge in [0, 0.05) is 17.3 Å². The lowest BCUT2D eigenvalue weighted by molar-refractivity contribution is 0.102. The summed E-state index contributed by atoms with van der Waals surface area (Å²) < 4.78 is 3.09. The number of hydrogen-bond donors (Lipinski definition) is 2. The van der Waals surface area contributed by atoms with Gasteiger partial charge in [-0.05, 0) is 37.3 Å². The molecule has 1 aromatic carbocycles. The Labute approximate surface area is 164 Å². The van der Waals surface area contributed by atoms with Crippen LogP contribution in [0.1, 0.15) is 16.1 Å². The van der Waals surface area contributed by atoms with Crippen LogP contribution in [0, 0.1) is 6.92 Å². The number of pyridine rings is 1. The van der Waals surface area contributed by atoms with Crippen molar-refractivity contribution in [2.75, 3.05) is 11.1 Å². The molecule has 3 N–H and O–H groups in total. The van der Waals surface area contributed by atoms with Gasteiger partial charge in [-0.2, -0.15) is 5.10 Å². The second kappa shape index (κ2) is 6.61. The maximum Gasteiger partial charge on any atom is 0.262 e. The number of halogens is 2. The maximum absolute atomic E-state index is 12.9. The molecular weight excluding hydrogens is 387 g/mol. The summed E-state index contributed by atoms with van der Waals surface area (Å²) in [6.45, 7) is 1.81. The Morgan fingerprint density at radius 2 is 1.96 bits per heavy atom.